The van der Waals surface area contributed by atoms with E-state index in [1.165, 1.54) is 0 Å². The van der Waals surface area contributed by atoms with Gasteiger partial charge in [-0.25, -0.2) is 0 Å². The second-order valence-corrected chi connectivity index (χ2v) is 6.29. The molecule has 130 valence electrons. The number of carbonyl (C=O) groups is 2. The van der Waals surface area contributed by atoms with Crippen molar-refractivity contribution >= 4 is 23.4 Å². The average Bonchev–Trinajstić information content (AvgIpc) is 2.63. The van der Waals surface area contributed by atoms with Crippen molar-refractivity contribution in [3.63, 3.8) is 0 Å². The molecule has 2 amide bonds. The van der Waals surface area contributed by atoms with Gasteiger partial charge < -0.3 is 15.0 Å². The summed E-state index contributed by atoms with van der Waals surface area (Å²) in [5, 5.41) is 3.46. The van der Waals surface area contributed by atoms with E-state index < -0.39 is 6.04 Å². The first kappa shape index (κ1) is 17.3. The maximum atomic E-state index is 12.8. The van der Waals surface area contributed by atoms with Crippen molar-refractivity contribution in [3.05, 3.63) is 64.7 Å². The van der Waals surface area contributed by atoms with Crippen LogP contribution in [0.1, 0.15) is 17.2 Å². The summed E-state index contributed by atoms with van der Waals surface area (Å²) < 4.78 is 5.15. The molecule has 0 radical (unpaired) electrons. The van der Waals surface area contributed by atoms with E-state index in [0.717, 1.165) is 11.1 Å². The Balaban J connectivity index is 1.82. The molecule has 1 heterocycles. The van der Waals surface area contributed by atoms with Crippen LogP contribution in [0.2, 0.25) is 5.02 Å². The number of hydrogen-bond donors (Lipinski definition) is 1. The summed E-state index contributed by atoms with van der Waals surface area (Å²) in [6.07, 6.45) is 0.233. The quantitative estimate of drug-likeness (QED) is 0.914. The third kappa shape index (κ3) is 3.94. The Hall–Kier alpha value is -2.53. The molecule has 6 heteroatoms. The van der Waals surface area contributed by atoms with Crippen molar-refractivity contribution in [2.45, 2.75) is 12.5 Å². The van der Waals surface area contributed by atoms with Crippen LogP contribution in [-0.2, 0) is 16.0 Å². The monoisotopic (exact) mass is 358 g/mol. The van der Waals surface area contributed by atoms with Gasteiger partial charge in [0.25, 0.3) is 0 Å². The highest BCUT2D eigenvalue weighted by Gasteiger charge is 2.34. The first-order valence-corrected chi connectivity index (χ1v) is 8.42. The van der Waals surface area contributed by atoms with E-state index in [-0.39, 0.29) is 18.2 Å². The number of methoxy groups -OCH3 is 1. The van der Waals surface area contributed by atoms with Crippen LogP contribution in [0.4, 0.5) is 0 Å². The lowest BCUT2D eigenvalue weighted by Gasteiger charge is -2.35. The number of rotatable bonds is 4. The van der Waals surface area contributed by atoms with Crippen molar-refractivity contribution in [2.24, 2.45) is 0 Å². The zero-order valence-electron chi connectivity index (χ0n) is 13.9. The van der Waals surface area contributed by atoms with Gasteiger partial charge in [-0.1, -0.05) is 35.9 Å². The van der Waals surface area contributed by atoms with E-state index in [9.17, 15) is 9.59 Å². The summed E-state index contributed by atoms with van der Waals surface area (Å²) in [5.41, 5.74) is 1.64. The number of ether oxygens (including phenoxy) is 1. The molecular weight excluding hydrogens is 340 g/mol. The minimum absolute atomic E-state index is 0.0852. The van der Waals surface area contributed by atoms with E-state index >= 15 is 0 Å². The van der Waals surface area contributed by atoms with Crippen molar-refractivity contribution in [1.82, 2.24) is 10.2 Å². The highest BCUT2D eigenvalue weighted by molar-refractivity contribution is 6.30. The lowest BCUT2D eigenvalue weighted by atomic mass is 10.0. The number of nitrogens with zero attached hydrogens (tertiary/aromatic N) is 1. The second-order valence-electron chi connectivity index (χ2n) is 5.86. The predicted octanol–water partition coefficient (Wildman–Crippen LogP) is 2.59. The number of halogens is 1. The lowest BCUT2D eigenvalue weighted by Crippen LogP contribution is -2.52. The molecule has 1 unspecified atom stereocenters. The van der Waals surface area contributed by atoms with E-state index in [4.69, 9.17) is 16.3 Å². The Morgan fingerprint density at radius 1 is 1.20 bits per heavy atom. The van der Waals surface area contributed by atoms with Crippen LogP contribution < -0.4 is 10.1 Å². The molecule has 1 N–H and O–H groups in total. The topological polar surface area (TPSA) is 58.6 Å². The molecule has 1 aliphatic heterocycles. The highest BCUT2D eigenvalue weighted by atomic mass is 35.5. The Bertz CT molecular complexity index is 759. The van der Waals surface area contributed by atoms with Crippen LogP contribution >= 0.6 is 11.6 Å². The molecule has 2 aromatic carbocycles. The fraction of sp³-hybridized carbons (Fsp3) is 0.263. The van der Waals surface area contributed by atoms with Crippen LogP contribution in [0.15, 0.2) is 48.5 Å². The molecule has 0 aliphatic carbocycles. The first-order chi connectivity index (χ1) is 12.1. The second kappa shape index (κ2) is 7.57. The third-order valence-electron chi connectivity index (χ3n) is 4.23. The van der Waals surface area contributed by atoms with Crippen LogP contribution in [0.3, 0.4) is 0 Å². The zero-order chi connectivity index (χ0) is 17.8. The molecule has 0 saturated carbocycles. The molecule has 2 aromatic rings. The fourth-order valence-corrected chi connectivity index (χ4v) is 3.06. The molecule has 1 atom stereocenters. The summed E-state index contributed by atoms with van der Waals surface area (Å²) in [4.78, 5) is 26.8. The molecule has 1 aliphatic rings. The Morgan fingerprint density at radius 3 is 2.52 bits per heavy atom. The van der Waals surface area contributed by atoms with Crippen LogP contribution in [-0.4, -0.2) is 36.9 Å². The van der Waals surface area contributed by atoms with Gasteiger partial charge in [0.05, 0.1) is 13.5 Å². The summed E-state index contributed by atoms with van der Waals surface area (Å²) in [6.45, 7) is 0.937. The molecule has 0 spiro atoms. The van der Waals surface area contributed by atoms with Gasteiger partial charge >= 0.3 is 0 Å². The van der Waals surface area contributed by atoms with Gasteiger partial charge in [-0.2, -0.15) is 0 Å². The number of nitrogens with one attached hydrogen (secondary N) is 1. The van der Waals surface area contributed by atoms with Crippen LogP contribution in [0.5, 0.6) is 5.75 Å². The largest absolute Gasteiger partial charge is 0.497 e. The van der Waals surface area contributed by atoms with Crippen molar-refractivity contribution in [1.29, 1.82) is 0 Å². The summed E-state index contributed by atoms with van der Waals surface area (Å²) in [5.74, 6) is 0.456. The van der Waals surface area contributed by atoms with E-state index in [2.05, 4.69) is 5.32 Å². The Morgan fingerprint density at radius 2 is 1.88 bits per heavy atom. The van der Waals surface area contributed by atoms with Crippen molar-refractivity contribution < 1.29 is 14.3 Å². The van der Waals surface area contributed by atoms with E-state index in [1.807, 2.05) is 24.3 Å². The van der Waals surface area contributed by atoms with Gasteiger partial charge in [-0.15, -0.1) is 0 Å². The molecule has 3 rings (SSSR count). The molecular formula is C19H19ClN2O3. The van der Waals surface area contributed by atoms with Gasteiger partial charge in [-0.05, 0) is 35.4 Å². The minimum Gasteiger partial charge on any atom is -0.497 e. The van der Waals surface area contributed by atoms with Gasteiger partial charge in [0.2, 0.25) is 11.8 Å². The van der Waals surface area contributed by atoms with Crippen molar-refractivity contribution in [3.8, 4) is 5.75 Å². The van der Waals surface area contributed by atoms with Crippen molar-refractivity contribution in [2.75, 3.05) is 20.2 Å². The number of amides is 2. The maximum Gasteiger partial charge on any atom is 0.247 e. The third-order valence-corrected chi connectivity index (χ3v) is 4.48. The SMILES string of the molecule is COc1ccc(C2C(=O)NCCN2C(=O)Cc2ccc(Cl)cc2)cc1. The van der Waals surface area contributed by atoms with Gasteiger partial charge in [0.1, 0.15) is 11.8 Å². The number of hydrogen-bond acceptors (Lipinski definition) is 3. The smallest absolute Gasteiger partial charge is 0.247 e. The maximum absolute atomic E-state index is 12.8. The normalized spacial score (nSPS) is 17.1. The number of piperazine rings is 1. The molecule has 1 saturated heterocycles. The predicted molar refractivity (Wildman–Crippen MR) is 95.6 cm³/mol. The molecule has 1 fully saturated rings. The number of benzene rings is 2. The average molecular weight is 359 g/mol. The molecule has 0 bridgehead atoms. The standard InChI is InChI=1S/C19H19ClN2O3/c1-25-16-8-4-14(5-9-16)18-19(24)21-10-11-22(18)17(23)12-13-2-6-15(20)7-3-13/h2-9,18H,10-12H2,1H3,(H,21,24). The molecule has 5 nitrogen and oxygen atoms in total. The summed E-state index contributed by atoms with van der Waals surface area (Å²) in [7, 11) is 1.59. The van der Waals surface area contributed by atoms with E-state index in [1.54, 1.807) is 36.3 Å². The Labute approximate surface area is 151 Å². The lowest BCUT2D eigenvalue weighted by molar-refractivity contribution is -0.143. The van der Waals surface area contributed by atoms with Gasteiger partial charge in [-0.3, -0.25) is 9.59 Å². The van der Waals surface area contributed by atoms with Gasteiger partial charge in [0, 0.05) is 18.1 Å². The zero-order valence-corrected chi connectivity index (χ0v) is 14.6. The fourth-order valence-electron chi connectivity index (χ4n) is 2.93. The van der Waals surface area contributed by atoms with Crippen LogP contribution in [0, 0.1) is 0 Å². The summed E-state index contributed by atoms with van der Waals surface area (Å²) >= 11 is 5.89. The van der Waals surface area contributed by atoms with Gasteiger partial charge in [0.15, 0.2) is 0 Å². The Kier molecular flexibility index (Phi) is 5.24. The number of carbonyl (C=O) groups excluding carboxylic acids is 2. The van der Waals surface area contributed by atoms with Crippen LogP contribution in [0.25, 0.3) is 0 Å². The summed E-state index contributed by atoms with van der Waals surface area (Å²) in [6, 6.07) is 13.8. The van der Waals surface area contributed by atoms with E-state index in [0.29, 0.717) is 23.9 Å². The molecule has 0 aromatic heterocycles. The minimum atomic E-state index is -0.626. The first-order valence-electron chi connectivity index (χ1n) is 8.04. The molecule has 25 heavy (non-hydrogen) atoms. The highest BCUT2D eigenvalue weighted by Crippen LogP contribution is 2.26.